The first-order chi connectivity index (χ1) is 9.31. The van der Waals surface area contributed by atoms with E-state index in [1.807, 2.05) is 0 Å². The van der Waals surface area contributed by atoms with Gasteiger partial charge in [0.05, 0.1) is 16.8 Å². The summed E-state index contributed by atoms with van der Waals surface area (Å²) in [6, 6.07) is 1.29. The van der Waals surface area contributed by atoms with Crippen molar-refractivity contribution in [2.75, 3.05) is 5.73 Å². The Hall–Kier alpha value is -0.890. The monoisotopic (exact) mass is 322 g/mol. The summed E-state index contributed by atoms with van der Waals surface area (Å²) in [6.45, 7) is 0. The molecule has 0 saturated heterocycles. The van der Waals surface area contributed by atoms with E-state index in [9.17, 15) is 17.9 Å². The van der Waals surface area contributed by atoms with Crippen molar-refractivity contribution in [2.45, 2.75) is 42.7 Å². The van der Waals surface area contributed by atoms with Crippen molar-refractivity contribution in [3.05, 3.63) is 23.0 Å². The second-order valence-electron chi connectivity index (χ2n) is 4.88. The first kappa shape index (κ1) is 15.5. The van der Waals surface area contributed by atoms with E-state index in [2.05, 4.69) is 4.72 Å². The molecule has 1 fully saturated rings. The van der Waals surface area contributed by atoms with Crippen molar-refractivity contribution in [3.63, 3.8) is 0 Å². The molecular weight excluding hydrogens is 307 g/mol. The molecule has 0 bridgehead atoms. The lowest BCUT2D eigenvalue weighted by Crippen LogP contribution is -2.45. The minimum Gasteiger partial charge on any atom is -0.396 e. The van der Waals surface area contributed by atoms with Crippen molar-refractivity contribution in [3.8, 4) is 0 Å². The van der Waals surface area contributed by atoms with Crippen molar-refractivity contribution < 1.29 is 17.9 Å². The molecule has 1 aliphatic rings. The molecule has 5 nitrogen and oxygen atoms in total. The van der Waals surface area contributed by atoms with Gasteiger partial charge in [0.1, 0.15) is 10.7 Å². The molecule has 0 aliphatic heterocycles. The topological polar surface area (TPSA) is 92.4 Å². The van der Waals surface area contributed by atoms with Crippen LogP contribution >= 0.6 is 11.6 Å². The molecular formula is C12H16ClFN2O3S. The summed E-state index contributed by atoms with van der Waals surface area (Å²) in [5, 5.41) is 9.56. The van der Waals surface area contributed by atoms with Crippen LogP contribution in [0.1, 0.15) is 25.7 Å². The maximum absolute atomic E-state index is 13.2. The van der Waals surface area contributed by atoms with Crippen LogP contribution in [0, 0.1) is 5.82 Å². The molecule has 0 radical (unpaired) electrons. The smallest absolute Gasteiger partial charge is 0.242 e. The maximum atomic E-state index is 13.2. The average Bonchev–Trinajstić information content (AvgIpc) is 2.36. The number of hydrogen-bond donors (Lipinski definition) is 3. The van der Waals surface area contributed by atoms with E-state index in [0.717, 1.165) is 25.0 Å². The number of nitrogens with one attached hydrogen (secondary N) is 1. The van der Waals surface area contributed by atoms with Gasteiger partial charge in [0.15, 0.2) is 0 Å². The van der Waals surface area contributed by atoms with Gasteiger partial charge in [-0.05, 0) is 25.0 Å². The first-order valence-corrected chi connectivity index (χ1v) is 8.12. The number of nitrogen functional groups attached to an aromatic ring is 1. The predicted molar refractivity (Wildman–Crippen MR) is 74.4 cm³/mol. The molecule has 1 aromatic carbocycles. The number of aliphatic hydroxyl groups is 1. The molecule has 2 rings (SSSR count). The second-order valence-corrected chi connectivity index (χ2v) is 6.97. The summed E-state index contributed by atoms with van der Waals surface area (Å²) in [5.41, 5.74) is 5.08. The van der Waals surface area contributed by atoms with Crippen LogP contribution in [0.5, 0.6) is 0 Å². The standard InChI is InChI=1S/C12H16ClFN2O3S/c13-7-5-8(14)9(15)6-12(7)20(18,19)16-10-3-1-2-4-11(10)17/h5-6,10-11,16-17H,1-4,15H2/t10-,11-/m1/s1. The number of aliphatic hydroxyl groups excluding tert-OH is 1. The lowest BCUT2D eigenvalue weighted by Gasteiger charge is -2.28. The molecule has 1 aliphatic carbocycles. The lowest BCUT2D eigenvalue weighted by atomic mass is 9.93. The molecule has 1 saturated carbocycles. The number of sulfonamides is 1. The summed E-state index contributed by atoms with van der Waals surface area (Å²) in [6.07, 6.45) is 2.07. The van der Waals surface area contributed by atoms with Gasteiger partial charge in [-0.2, -0.15) is 0 Å². The molecule has 0 heterocycles. The van der Waals surface area contributed by atoms with Crippen LogP contribution in [0.2, 0.25) is 5.02 Å². The Bertz CT molecular complexity index is 609. The van der Waals surface area contributed by atoms with E-state index in [1.54, 1.807) is 0 Å². The Labute approximate surface area is 122 Å². The Morgan fingerprint density at radius 3 is 2.65 bits per heavy atom. The normalized spacial score (nSPS) is 23.8. The fourth-order valence-corrected chi connectivity index (χ4v) is 4.12. The zero-order chi connectivity index (χ0) is 14.9. The van der Waals surface area contributed by atoms with Gasteiger partial charge in [0.2, 0.25) is 10.0 Å². The highest BCUT2D eigenvalue weighted by Gasteiger charge is 2.29. The van der Waals surface area contributed by atoms with Crippen molar-refractivity contribution >= 4 is 27.3 Å². The number of hydrogen-bond acceptors (Lipinski definition) is 4. The van der Waals surface area contributed by atoms with Crippen molar-refractivity contribution in [1.82, 2.24) is 4.72 Å². The molecule has 8 heteroatoms. The zero-order valence-corrected chi connectivity index (χ0v) is 12.2. The van der Waals surface area contributed by atoms with Crippen LogP contribution in [-0.4, -0.2) is 25.7 Å². The van der Waals surface area contributed by atoms with E-state index in [4.69, 9.17) is 17.3 Å². The quantitative estimate of drug-likeness (QED) is 0.738. The van der Waals surface area contributed by atoms with E-state index in [0.29, 0.717) is 12.8 Å². The van der Waals surface area contributed by atoms with Crippen molar-refractivity contribution in [1.29, 1.82) is 0 Å². The van der Waals surface area contributed by atoms with Crippen LogP contribution in [0.3, 0.4) is 0 Å². The summed E-state index contributed by atoms with van der Waals surface area (Å²) in [4.78, 5) is -0.282. The Morgan fingerprint density at radius 1 is 1.35 bits per heavy atom. The molecule has 1 aromatic rings. The van der Waals surface area contributed by atoms with Gasteiger partial charge < -0.3 is 10.8 Å². The molecule has 0 unspecified atom stereocenters. The van der Waals surface area contributed by atoms with Gasteiger partial charge in [0, 0.05) is 6.04 Å². The number of anilines is 1. The lowest BCUT2D eigenvalue weighted by molar-refractivity contribution is 0.101. The van der Waals surface area contributed by atoms with Crippen LogP contribution in [0.25, 0.3) is 0 Å². The molecule has 20 heavy (non-hydrogen) atoms. The summed E-state index contributed by atoms with van der Waals surface area (Å²) < 4.78 is 40.1. The first-order valence-electron chi connectivity index (χ1n) is 6.26. The molecule has 0 amide bonds. The summed E-state index contributed by atoms with van der Waals surface area (Å²) in [7, 11) is -3.95. The number of rotatable bonds is 3. The van der Waals surface area contributed by atoms with Crippen LogP contribution in [0.15, 0.2) is 17.0 Å². The third kappa shape index (κ3) is 3.22. The van der Waals surface area contributed by atoms with Gasteiger partial charge >= 0.3 is 0 Å². The van der Waals surface area contributed by atoms with Gasteiger partial charge in [-0.25, -0.2) is 17.5 Å². The number of benzene rings is 1. The second kappa shape index (κ2) is 5.85. The van der Waals surface area contributed by atoms with Gasteiger partial charge in [0.25, 0.3) is 0 Å². The highest BCUT2D eigenvalue weighted by atomic mass is 35.5. The van der Waals surface area contributed by atoms with Crippen LogP contribution in [0.4, 0.5) is 10.1 Å². The fourth-order valence-electron chi connectivity index (χ4n) is 2.26. The predicted octanol–water partition coefficient (Wildman–Crippen LogP) is 1.64. The number of halogens is 2. The van der Waals surface area contributed by atoms with Gasteiger partial charge in [-0.1, -0.05) is 24.4 Å². The molecule has 112 valence electrons. The zero-order valence-electron chi connectivity index (χ0n) is 10.6. The largest absolute Gasteiger partial charge is 0.396 e. The minimum atomic E-state index is -3.95. The molecule has 0 aromatic heterocycles. The Morgan fingerprint density at radius 2 is 2.00 bits per heavy atom. The SMILES string of the molecule is Nc1cc(S(=O)(=O)N[C@@H]2CCCC[C@H]2O)c(Cl)cc1F. The van der Waals surface area contributed by atoms with E-state index < -0.39 is 28.0 Å². The van der Waals surface area contributed by atoms with E-state index >= 15 is 0 Å². The molecule has 2 atom stereocenters. The molecule has 0 spiro atoms. The summed E-state index contributed by atoms with van der Waals surface area (Å²) in [5.74, 6) is -0.772. The third-order valence-corrected chi connectivity index (χ3v) is 5.33. The minimum absolute atomic E-state index is 0.241. The maximum Gasteiger partial charge on any atom is 0.242 e. The highest BCUT2D eigenvalue weighted by molar-refractivity contribution is 7.89. The fraction of sp³-hybridized carbons (Fsp3) is 0.500. The van der Waals surface area contributed by atoms with E-state index in [-0.39, 0.29) is 15.6 Å². The third-order valence-electron chi connectivity index (χ3n) is 3.38. The number of nitrogens with two attached hydrogens (primary N) is 1. The van der Waals surface area contributed by atoms with E-state index in [1.165, 1.54) is 0 Å². The average molecular weight is 323 g/mol. The Kier molecular flexibility index (Phi) is 4.53. The van der Waals surface area contributed by atoms with Gasteiger partial charge in [-0.15, -0.1) is 0 Å². The van der Waals surface area contributed by atoms with Crippen LogP contribution < -0.4 is 10.5 Å². The summed E-state index contributed by atoms with van der Waals surface area (Å²) >= 11 is 5.76. The Balaban J connectivity index is 2.28. The molecule has 4 N–H and O–H groups in total. The van der Waals surface area contributed by atoms with Crippen molar-refractivity contribution in [2.24, 2.45) is 0 Å². The highest BCUT2D eigenvalue weighted by Crippen LogP contribution is 2.27. The van der Waals surface area contributed by atoms with Crippen LogP contribution in [-0.2, 0) is 10.0 Å². The van der Waals surface area contributed by atoms with Gasteiger partial charge in [-0.3, -0.25) is 0 Å².